The monoisotopic (exact) mass is 510 g/mol. The maximum absolute atomic E-state index is 13.1. The molecule has 3 heterocycles. The lowest BCUT2D eigenvalue weighted by Crippen LogP contribution is -2.50. The first-order valence-electron chi connectivity index (χ1n) is 11.1. The summed E-state index contributed by atoms with van der Waals surface area (Å²) in [4.78, 5) is 26.2. The molecule has 1 fully saturated rings. The van der Waals surface area contributed by atoms with E-state index in [1.165, 1.54) is 4.31 Å². The number of piperazine rings is 1. The van der Waals surface area contributed by atoms with E-state index in [1.54, 1.807) is 35.2 Å². The number of carbonyl (C=O) groups excluding carboxylic acids is 1. The molecule has 5 rings (SSSR count). The fourth-order valence-corrected chi connectivity index (χ4v) is 5.57. The molecule has 4 aromatic rings. The van der Waals surface area contributed by atoms with Gasteiger partial charge in [0.05, 0.1) is 22.4 Å². The number of hydrogen-bond donors (Lipinski definition) is 2. The fraction of sp³-hybridized carbons (Fsp3) is 0.208. The van der Waals surface area contributed by atoms with Crippen LogP contribution in [0, 0.1) is 0 Å². The van der Waals surface area contributed by atoms with Gasteiger partial charge in [-0.15, -0.1) is 0 Å². The molecule has 0 radical (unpaired) electrons. The van der Waals surface area contributed by atoms with E-state index in [9.17, 15) is 13.2 Å². The summed E-state index contributed by atoms with van der Waals surface area (Å²) in [5.41, 5.74) is 9.76. The summed E-state index contributed by atoms with van der Waals surface area (Å²) in [7, 11) is -3.82. The Morgan fingerprint density at radius 3 is 2.46 bits per heavy atom. The molecule has 0 spiro atoms. The third-order valence-electron chi connectivity index (χ3n) is 5.98. The molecule has 0 unspecified atom stereocenters. The minimum absolute atomic E-state index is 0.127. The molecule has 2 aromatic carbocycles. The molecular weight excluding hydrogens is 488 g/mol. The Morgan fingerprint density at radius 2 is 1.74 bits per heavy atom. The second-order valence-electron chi connectivity index (χ2n) is 8.20. The number of hydrogen-bond acceptors (Lipinski definition) is 6. The van der Waals surface area contributed by atoms with Gasteiger partial charge in [0.1, 0.15) is 0 Å². The van der Waals surface area contributed by atoms with Crippen molar-refractivity contribution in [2.24, 2.45) is 5.73 Å². The molecule has 1 saturated heterocycles. The highest BCUT2D eigenvalue weighted by Gasteiger charge is 2.32. The van der Waals surface area contributed by atoms with Gasteiger partial charge in [-0.05, 0) is 42.5 Å². The van der Waals surface area contributed by atoms with E-state index in [-0.39, 0.29) is 37.2 Å². The summed E-state index contributed by atoms with van der Waals surface area (Å²) in [6.45, 7) is 1.29. The van der Waals surface area contributed by atoms with Crippen molar-refractivity contribution in [2.75, 3.05) is 26.2 Å². The Kier molecular flexibility index (Phi) is 6.28. The predicted molar refractivity (Wildman–Crippen MR) is 133 cm³/mol. The second kappa shape index (κ2) is 9.38. The number of halogens is 1. The standard InChI is InChI=1S/C24H23ClN6O3S/c25-18-8-9-21-22(14-18)29-24(28-21)35(33,34)31-12-10-30(11-13-31)23(32)17-6-4-16(5-7-17)20-3-1-2-19(15-26)27-20/h1-9,14H,10-13,15,26H2,(H,28,29). The summed E-state index contributed by atoms with van der Waals surface area (Å²) in [6.07, 6.45) is 0. The van der Waals surface area contributed by atoms with Gasteiger partial charge in [0.2, 0.25) is 5.16 Å². The molecule has 11 heteroatoms. The summed E-state index contributed by atoms with van der Waals surface area (Å²) < 4.78 is 27.5. The highest BCUT2D eigenvalue weighted by Crippen LogP contribution is 2.23. The minimum atomic E-state index is -3.82. The van der Waals surface area contributed by atoms with Gasteiger partial charge in [0.25, 0.3) is 15.9 Å². The van der Waals surface area contributed by atoms with Gasteiger partial charge in [-0.25, -0.2) is 13.4 Å². The molecule has 1 amide bonds. The Bertz CT molecular complexity index is 1500. The van der Waals surface area contributed by atoms with E-state index in [0.717, 1.165) is 17.0 Å². The number of sulfonamides is 1. The Hall–Kier alpha value is -3.31. The van der Waals surface area contributed by atoms with E-state index >= 15 is 0 Å². The average molecular weight is 511 g/mol. The van der Waals surface area contributed by atoms with Gasteiger partial charge in [-0.1, -0.05) is 29.8 Å². The number of nitrogens with two attached hydrogens (primary N) is 1. The van der Waals surface area contributed by atoms with Crippen LogP contribution in [0.4, 0.5) is 0 Å². The number of imidazole rings is 1. The van der Waals surface area contributed by atoms with Crippen molar-refractivity contribution in [1.29, 1.82) is 0 Å². The molecule has 0 saturated carbocycles. The van der Waals surface area contributed by atoms with Crippen molar-refractivity contribution in [2.45, 2.75) is 11.7 Å². The molecule has 3 N–H and O–H groups in total. The predicted octanol–water partition coefficient (Wildman–Crippen LogP) is 2.88. The summed E-state index contributed by atoms with van der Waals surface area (Å²) >= 11 is 5.99. The quantitative estimate of drug-likeness (QED) is 0.425. The van der Waals surface area contributed by atoms with E-state index in [2.05, 4.69) is 15.0 Å². The van der Waals surface area contributed by atoms with Gasteiger partial charge < -0.3 is 15.6 Å². The van der Waals surface area contributed by atoms with Crippen molar-refractivity contribution in [3.05, 3.63) is 76.9 Å². The topological polar surface area (TPSA) is 125 Å². The first kappa shape index (κ1) is 23.4. The Morgan fingerprint density at radius 1 is 1.00 bits per heavy atom. The van der Waals surface area contributed by atoms with Crippen LogP contribution in [0.25, 0.3) is 22.3 Å². The first-order chi connectivity index (χ1) is 16.8. The van der Waals surface area contributed by atoms with Crippen LogP contribution in [0.2, 0.25) is 5.02 Å². The molecule has 1 aliphatic rings. The Balaban J connectivity index is 1.26. The number of nitrogens with one attached hydrogen (secondary N) is 1. The average Bonchev–Trinajstić information content (AvgIpc) is 3.33. The van der Waals surface area contributed by atoms with Crippen molar-refractivity contribution >= 4 is 38.6 Å². The number of aromatic nitrogens is 3. The van der Waals surface area contributed by atoms with Crippen LogP contribution in [0.3, 0.4) is 0 Å². The lowest BCUT2D eigenvalue weighted by molar-refractivity contribution is 0.0697. The summed E-state index contributed by atoms with van der Waals surface area (Å²) in [6, 6.07) is 17.8. The molecule has 0 bridgehead atoms. The van der Waals surface area contributed by atoms with E-state index in [0.29, 0.717) is 28.2 Å². The number of amides is 1. The third kappa shape index (κ3) is 4.65. The molecule has 180 valence electrons. The van der Waals surface area contributed by atoms with E-state index in [4.69, 9.17) is 17.3 Å². The number of rotatable bonds is 5. The van der Waals surface area contributed by atoms with Gasteiger partial charge in [-0.2, -0.15) is 4.31 Å². The third-order valence-corrected chi connectivity index (χ3v) is 7.94. The minimum Gasteiger partial charge on any atom is -0.336 e. The largest absolute Gasteiger partial charge is 0.336 e. The van der Waals surface area contributed by atoms with E-state index in [1.807, 2.05) is 30.3 Å². The molecule has 35 heavy (non-hydrogen) atoms. The van der Waals surface area contributed by atoms with Gasteiger partial charge in [0.15, 0.2) is 0 Å². The zero-order valence-electron chi connectivity index (χ0n) is 18.7. The fourth-order valence-electron chi connectivity index (χ4n) is 4.05. The number of pyridine rings is 1. The van der Waals surface area contributed by atoms with Crippen LogP contribution in [0.15, 0.2) is 65.8 Å². The second-order valence-corrected chi connectivity index (χ2v) is 10.5. The SMILES string of the molecule is NCc1cccc(-c2ccc(C(=O)N3CCN(S(=O)(=O)c4nc5ccc(Cl)cc5[nH]4)CC3)cc2)n1. The Labute approximate surface area is 207 Å². The van der Waals surface area contributed by atoms with Crippen LogP contribution in [0.1, 0.15) is 16.1 Å². The lowest BCUT2D eigenvalue weighted by Gasteiger charge is -2.33. The van der Waals surface area contributed by atoms with Crippen molar-refractivity contribution < 1.29 is 13.2 Å². The maximum atomic E-state index is 13.1. The van der Waals surface area contributed by atoms with Gasteiger partial charge >= 0.3 is 0 Å². The lowest BCUT2D eigenvalue weighted by atomic mass is 10.1. The first-order valence-corrected chi connectivity index (χ1v) is 12.9. The number of benzene rings is 2. The molecule has 2 aromatic heterocycles. The highest BCUT2D eigenvalue weighted by atomic mass is 35.5. The molecule has 0 atom stereocenters. The smallest absolute Gasteiger partial charge is 0.276 e. The van der Waals surface area contributed by atoms with Crippen LogP contribution in [0.5, 0.6) is 0 Å². The van der Waals surface area contributed by atoms with Gasteiger partial charge in [-0.3, -0.25) is 9.78 Å². The number of H-pyrrole nitrogens is 1. The number of aromatic amines is 1. The zero-order chi connectivity index (χ0) is 24.6. The number of nitrogens with zero attached hydrogens (tertiary/aromatic N) is 4. The molecule has 1 aliphatic heterocycles. The normalized spacial score (nSPS) is 15.0. The maximum Gasteiger partial charge on any atom is 0.276 e. The zero-order valence-corrected chi connectivity index (χ0v) is 20.3. The van der Waals surface area contributed by atoms with Gasteiger partial charge in [0, 0.05) is 48.9 Å². The number of carbonyl (C=O) groups is 1. The molecule has 9 nitrogen and oxygen atoms in total. The number of fused-ring (bicyclic) bond motifs is 1. The highest BCUT2D eigenvalue weighted by molar-refractivity contribution is 7.89. The summed E-state index contributed by atoms with van der Waals surface area (Å²) in [5.74, 6) is -0.143. The van der Waals surface area contributed by atoms with Crippen LogP contribution in [-0.4, -0.2) is 64.7 Å². The van der Waals surface area contributed by atoms with Crippen LogP contribution < -0.4 is 5.73 Å². The van der Waals surface area contributed by atoms with Crippen LogP contribution in [-0.2, 0) is 16.6 Å². The van der Waals surface area contributed by atoms with Crippen molar-refractivity contribution in [3.8, 4) is 11.3 Å². The van der Waals surface area contributed by atoms with Crippen molar-refractivity contribution in [1.82, 2.24) is 24.2 Å². The van der Waals surface area contributed by atoms with Crippen LogP contribution >= 0.6 is 11.6 Å². The van der Waals surface area contributed by atoms with E-state index < -0.39 is 10.0 Å². The molecule has 0 aliphatic carbocycles. The molecular formula is C24H23ClN6O3S. The summed E-state index contributed by atoms with van der Waals surface area (Å²) in [5, 5.41) is 0.364. The van der Waals surface area contributed by atoms with Crippen molar-refractivity contribution in [3.63, 3.8) is 0 Å².